The molecule has 1 aliphatic carbocycles. The Kier molecular flexibility index (Phi) is 5.55. The minimum Gasteiger partial charge on any atom is -0.337 e. The van der Waals surface area contributed by atoms with Crippen LogP contribution in [-0.4, -0.2) is 31.4 Å². The van der Waals surface area contributed by atoms with Crippen LogP contribution in [0.3, 0.4) is 0 Å². The third-order valence-electron chi connectivity index (χ3n) is 6.48. The number of amides is 1. The van der Waals surface area contributed by atoms with Gasteiger partial charge in [-0.2, -0.15) is 0 Å². The van der Waals surface area contributed by atoms with Crippen molar-refractivity contribution in [3.63, 3.8) is 0 Å². The Balaban J connectivity index is 1.39. The summed E-state index contributed by atoms with van der Waals surface area (Å²) in [4.78, 5) is 24.6. The molecule has 1 amide bonds. The van der Waals surface area contributed by atoms with Crippen molar-refractivity contribution < 1.29 is 4.79 Å². The first-order valence-electron chi connectivity index (χ1n) is 10.8. The van der Waals surface area contributed by atoms with Crippen molar-refractivity contribution in [3.05, 3.63) is 83.4 Å². The van der Waals surface area contributed by atoms with Crippen LogP contribution in [0.15, 0.2) is 66.4 Å². The van der Waals surface area contributed by atoms with E-state index < -0.39 is 0 Å². The molecule has 0 bridgehead atoms. The summed E-state index contributed by atoms with van der Waals surface area (Å²) < 4.78 is 3.05. The fraction of sp³-hybridized carbons (Fsp3) is 0.320. The van der Waals surface area contributed by atoms with E-state index in [4.69, 9.17) is 0 Å². The van der Waals surface area contributed by atoms with Gasteiger partial charge in [-0.15, -0.1) is 11.3 Å². The number of nitrogens with zero attached hydrogens (tertiary/aromatic N) is 4. The zero-order valence-electron chi connectivity index (χ0n) is 17.6. The quantitative estimate of drug-likeness (QED) is 0.426. The molecule has 0 saturated heterocycles. The number of aryl methyl sites for hydroxylation is 1. The van der Waals surface area contributed by atoms with E-state index in [0.29, 0.717) is 12.5 Å². The van der Waals surface area contributed by atoms with E-state index in [0.717, 1.165) is 47.3 Å². The van der Waals surface area contributed by atoms with Gasteiger partial charge in [0.25, 0.3) is 5.91 Å². The molecule has 0 N–H and O–H groups in total. The number of hydrogen-bond donors (Lipinski definition) is 0. The number of aromatic nitrogens is 3. The standard InChI is InChI=1S/C25H26N4OS/c1-28-14-13-26-24(28)16-29(25(30)20-9-12-22-23(15-20)31-17-27-22)21-10-7-19(8-11-21)18-5-3-2-4-6-18/h2-6,9,12-15,17,19,21H,7-8,10-11,16H2,1H3. The third-order valence-corrected chi connectivity index (χ3v) is 7.27. The number of carbonyl (C=O) groups is 1. The summed E-state index contributed by atoms with van der Waals surface area (Å²) in [6, 6.07) is 16.8. The Hall–Kier alpha value is -2.99. The number of carbonyl (C=O) groups excluding carboxylic acids is 1. The smallest absolute Gasteiger partial charge is 0.254 e. The molecule has 1 fully saturated rings. The van der Waals surface area contributed by atoms with Gasteiger partial charge < -0.3 is 9.47 Å². The monoisotopic (exact) mass is 430 g/mol. The largest absolute Gasteiger partial charge is 0.337 e. The molecule has 2 heterocycles. The molecule has 4 aromatic rings. The van der Waals surface area contributed by atoms with Crippen molar-refractivity contribution in [1.82, 2.24) is 19.4 Å². The highest BCUT2D eigenvalue weighted by Crippen LogP contribution is 2.35. The number of thiazole rings is 1. The van der Waals surface area contributed by atoms with Crippen molar-refractivity contribution in [2.24, 2.45) is 7.05 Å². The Morgan fingerprint density at radius 1 is 1.10 bits per heavy atom. The van der Waals surface area contributed by atoms with Gasteiger partial charge in [0.2, 0.25) is 0 Å². The van der Waals surface area contributed by atoms with Gasteiger partial charge in [-0.3, -0.25) is 4.79 Å². The van der Waals surface area contributed by atoms with Crippen molar-refractivity contribution in [1.29, 1.82) is 0 Å². The molecular formula is C25H26N4OS. The lowest BCUT2D eigenvalue weighted by Gasteiger charge is -2.37. The molecule has 31 heavy (non-hydrogen) atoms. The second-order valence-corrected chi connectivity index (χ2v) is 9.22. The Morgan fingerprint density at radius 3 is 2.65 bits per heavy atom. The van der Waals surface area contributed by atoms with Crippen LogP contribution in [0.2, 0.25) is 0 Å². The third kappa shape index (κ3) is 4.12. The van der Waals surface area contributed by atoms with Crippen LogP contribution in [0.5, 0.6) is 0 Å². The highest BCUT2D eigenvalue weighted by molar-refractivity contribution is 7.16. The molecule has 0 radical (unpaired) electrons. The van der Waals surface area contributed by atoms with Crippen LogP contribution in [0.25, 0.3) is 10.2 Å². The zero-order valence-corrected chi connectivity index (χ0v) is 18.5. The van der Waals surface area contributed by atoms with Crippen LogP contribution in [0.4, 0.5) is 0 Å². The average Bonchev–Trinajstić information content (AvgIpc) is 3.46. The van der Waals surface area contributed by atoms with Gasteiger partial charge >= 0.3 is 0 Å². The second-order valence-electron chi connectivity index (χ2n) is 8.34. The average molecular weight is 431 g/mol. The van der Waals surface area contributed by atoms with E-state index in [1.165, 1.54) is 5.56 Å². The fourth-order valence-corrected chi connectivity index (χ4v) is 5.38. The molecule has 0 unspecified atom stereocenters. The van der Waals surface area contributed by atoms with Crippen molar-refractivity contribution >= 4 is 27.5 Å². The van der Waals surface area contributed by atoms with Crippen molar-refractivity contribution in [3.8, 4) is 0 Å². The molecule has 0 aliphatic heterocycles. The molecule has 2 aromatic carbocycles. The SMILES string of the molecule is Cn1ccnc1CN(C(=O)c1ccc2ncsc2c1)C1CCC(c2ccccc2)CC1. The highest BCUT2D eigenvalue weighted by Gasteiger charge is 2.31. The molecule has 2 aromatic heterocycles. The molecule has 5 rings (SSSR count). The predicted octanol–water partition coefficient (Wildman–Crippen LogP) is 5.40. The molecule has 5 nitrogen and oxygen atoms in total. The molecule has 1 aliphatic rings. The minimum absolute atomic E-state index is 0.0847. The summed E-state index contributed by atoms with van der Waals surface area (Å²) in [6.45, 7) is 0.531. The van der Waals surface area contributed by atoms with Gasteiger partial charge in [-0.25, -0.2) is 9.97 Å². The number of fused-ring (bicyclic) bond motifs is 1. The maximum Gasteiger partial charge on any atom is 0.254 e. The first kappa shape index (κ1) is 19.9. The molecular weight excluding hydrogens is 404 g/mol. The van der Waals surface area contributed by atoms with Crippen LogP contribution in [0, 0.1) is 0 Å². The molecule has 0 spiro atoms. The lowest BCUT2D eigenvalue weighted by molar-refractivity contribution is 0.0597. The van der Waals surface area contributed by atoms with Gasteiger partial charge in [0.15, 0.2) is 0 Å². The van der Waals surface area contributed by atoms with Crippen LogP contribution >= 0.6 is 11.3 Å². The predicted molar refractivity (Wildman–Crippen MR) is 124 cm³/mol. The van der Waals surface area contributed by atoms with Gasteiger partial charge in [-0.1, -0.05) is 30.3 Å². The maximum absolute atomic E-state index is 13.7. The van der Waals surface area contributed by atoms with E-state index in [1.807, 2.05) is 46.4 Å². The Morgan fingerprint density at radius 2 is 1.90 bits per heavy atom. The number of imidazole rings is 1. The second kappa shape index (κ2) is 8.63. The molecule has 0 atom stereocenters. The van der Waals surface area contributed by atoms with Gasteiger partial charge in [0.05, 0.1) is 22.3 Å². The number of hydrogen-bond acceptors (Lipinski definition) is 4. The van der Waals surface area contributed by atoms with Crippen molar-refractivity contribution in [2.45, 2.75) is 44.2 Å². The number of benzene rings is 2. The summed E-state index contributed by atoms with van der Waals surface area (Å²) in [5.74, 6) is 1.58. The van der Waals surface area contributed by atoms with E-state index in [9.17, 15) is 4.79 Å². The normalized spacial score (nSPS) is 18.9. The van der Waals surface area contributed by atoms with Crippen LogP contribution in [-0.2, 0) is 13.6 Å². The van der Waals surface area contributed by atoms with Gasteiger partial charge in [-0.05, 0) is 55.4 Å². The summed E-state index contributed by atoms with van der Waals surface area (Å²) >= 11 is 1.57. The molecule has 158 valence electrons. The lowest BCUT2D eigenvalue weighted by Crippen LogP contribution is -2.42. The summed E-state index contributed by atoms with van der Waals surface area (Å²) in [6.07, 6.45) is 7.97. The van der Waals surface area contributed by atoms with Crippen LogP contribution < -0.4 is 0 Å². The minimum atomic E-state index is 0.0847. The summed E-state index contributed by atoms with van der Waals surface area (Å²) in [5.41, 5.74) is 4.92. The first-order valence-corrected chi connectivity index (χ1v) is 11.7. The van der Waals surface area contributed by atoms with E-state index in [2.05, 4.69) is 40.3 Å². The summed E-state index contributed by atoms with van der Waals surface area (Å²) in [5, 5.41) is 0. The topological polar surface area (TPSA) is 51.0 Å². The molecule has 6 heteroatoms. The lowest BCUT2D eigenvalue weighted by atomic mass is 9.81. The maximum atomic E-state index is 13.7. The van der Waals surface area contributed by atoms with Gasteiger partial charge in [0, 0.05) is 31.0 Å². The van der Waals surface area contributed by atoms with E-state index >= 15 is 0 Å². The van der Waals surface area contributed by atoms with Gasteiger partial charge in [0.1, 0.15) is 5.82 Å². The van der Waals surface area contributed by atoms with E-state index in [-0.39, 0.29) is 11.9 Å². The molecule has 1 saturated carbocycles. The Bertz CT molecular complexity index is 1170. The summed E-state index contributed by atoms with van der Waals surface area (Å²) in [7, 11) is 1.99. The van der Waals surface area contributed by atoms with Crippen molar-refractivity contribution in [2.75, 3.05) is 0 Å². The zero-order chi connectivity index (χ0) is 21.2. The van der Waals surface area contributed by atoms with Crippen LogP contribution in [0.1, 0.15) is 53.3 Å². The first-order chi connectivity index (χ1) is 15.2. The highest BCUT2D eigenvalue weighted by atomic mass is 32.1. The van der Waals surface area contributed by atoms with E-state index in [1.54, 1.807) is 17.5 Å². The Labute approximate surface area is 186 Å². The fourth-order valence-electron chi connectivity index (χ4n) is 4.67. The number of rotatable bonds is 5.